The number of carbonyl (C=O) groups is 1. The highest BCUT2D eigenvalue weighted by Gasteiger charge is 2.20. The summed E-state index contributed by atoms with van der Waals surface area (Å²) >= 11 is 0. The van der Waals surface area contributed by atoms with Crippen LogP contribution in [0.2, 0.25) is 0 Å². The van der Waals surface area contributed by atoms with Crippen molar-refractivity contribution >= 4 is 11.9 Å². The van der Waals surface area contributed by atoms with Crippen molar-refractivity contribution in [1.82, 2.24) is 20.4 Å². The van der Waals surface area contributed by atoms with Crippen molar-refractivity contribution in [3.63, 3.8) is 0 Å². The van der Waals surface area contributed by atoms with Gasteiger partial charge in [-0.1, -0.05) is 19.1 Å². The minimum absolute atomic E-state index is 0.0196. The zero-order chi connectivity index (χ0) is 20.5. The first-order chi connectivity index (χ1) is 13.4. The quantitative estimate of drug-likeness (QED) is 0.558. The number of amides is 1. The molecule has 1 atom stereocenters. The number of carbonyl (C=O) groups excluding carboxylic acids is 1. The first-order valence-electron chi connectivity index (χ1n) is 10.5. The molecule has 1 amide bonds. The lowest BCUT2D eigenvalue weighted by atomic mass is 9.98. The average molecular weight is 388 g/mol. The van der Waals surface area contributed by atoms with Gasteiger partial charge in [0.15, 0.2) is 5.96 Å². The van der Waals surface area contributed by atoms with Crippen molar-refractivity contribution in [3.8, 4) is 0 Å². The van der Waals surface area contributed by atoms with E-state index in [1.165, 1.54) is 25.9 Å². The number of piperidine rings is 1. The van der Waals surface area contributed by atoms with E-state index >= 15 is 0 Å². The van der Waals surface area contributed by atoms with Gasteiger partial charge in [0.25, 0.3) is 5.91 Å². The molecular weight excluding hydrogens is 350 g/mol. The summed E-state index contributed by atoms with van der Waals surface area (Å²) in [6.45, 7) is 11.4. The van der Waals surface area contributed by atoms with E-state index in [-0.39, 0.29) is 5.91 Å². The Morgan fingerprint density at radius 2 is 1.86 bits per heavy atom. The molecule has 1 aromatic carbocycles. The standard InChI is InChI=1S/C22H37N5O/c1-6-23-22(24-15-18(3)27-13-11-17(2)12-14-27)25-16-19-7-9-20(10-8-19)21(28)26(4)5/h7-10,17-18H,6,11-16H2,1-5H3,(H2,23,24,25). The van der Waals surface area contributed by atoms with Crippen LogP contribution in [0.4, 0.5) is 0 Å². The first-order valence-corrected chi connectivity index (χ1v) is 10.5. The molecule has 1 fully saturated rings. The summed E-state index contributed by atoms with van der Waals surface area (Å²) in [6.07, 6.45) is 2.59. The minimum Gasteiger partial charge on any atom is -0.357 e. The van der Waals surface area contributed by atoms with Crippen molar-refractivity contribution in [2.45, 2.75) is 46.2 Å². The van der Waals surface area contributed by atoms with E-state index in [0.29, 0.717) is 18.2 Å². The molecule has 1 aromatic rings. The van der Waals surface area contributed by atoms with Gasteiger partial charge in [0.2, 0.25) is 0 Å². The Bertz CT molecular complexity index is 633. The molecule has 0 aromatic heterocycles. The second-order valence-electron chi connectivity index (χ2n) is 8.04. The molecule has 0 radical (unpaired) electrons. The van der Waals surface area contributed by atoms with E-state index in [1.807, 2.05) is 24.3 Å². The van der Waals surface area contributed by atoms with Crippen LogP contribution in [0.3, 0.4) is 0 Å². The normalized spacial score (nSPS) is 17.2. The molecule has 1 aliphatic rings. The summed E-state index contributed by atoms with van der Waals surface area (Å²) in [5.74, 6) is 1.72. The van der Waals surface area contributed by atoms with Gasteiger partial charge in [-0.25, -0.2) is 4.99 Å². The van der Waals surface area contributed by atoms with Crippen LogP contribution in [0, 0.1) is 5.92 Å². The maximum absolute atomic E-state index is 12.0. The van der Waals surface area contributed by atoms with Gasteiger partial charge in [0.1, 0.15) is 0 Å². The Kier molecular flexibility index (Phi) is 8.77. The number of guanidine groups is 1. The number of nitrogens with one attached hydrogen (secondary N) is 2. The fourth-order valence-electron chi connectivity index (χ4n) is 3.37. The van der Waals surface area contributed by atoms with Crippen molar-refractivity contribution in [2.24, 2.45) is 10.9 Å². The van der Waals surface area contributed by atoms with E-state index in [0.717, 1.165) is 30.5 Å². The average Bonchev–Trinajstić information content (AvgIpc) is 2.70. The molecule has 0 saturated carbocycles. The van der Waals surface area contributed by atoms with Gasteiger partial charge in [-0.3, -0.25) is 9.69 Å². The highest BCUT2D eigenvalue weighted by molar-refractivity contribution is 5.93. The molecule has 2 rings (SSSR count). The van der Waals surface area contributed by atoms with Crippen LogP contribution in [-0.2, 0) is 6.54 Å². The maximum atomic E-state index is 12.0. The number of nitrogens with zero attached hydrogens (tertiary/aromatic N) is 3. The second kappa shape index (κ2) is 11.1. The zero-order valence-electron chi connectivity index (χ0n) is 18.2. The topological polar surface area (TPSA) is 60.0 Å². The van der Waals surface area contributed by atoms with Crippen LogP contribution in [0.5, 0.6) is 0 Å². The molecule has 156 valence electrons. The van der Waals surface area contributed by atoms with Crippen molar-refractivity contribution < 1.29 is 4.79 Å². The molecule has 2 N–H and O–H groups in total. The Hall–Kier alpha value is -2.08. The maximum Gasteiger partial charge on any atom is 0.253 e. The zero-order valence-corrected chi connectivity index (χ0v) is 18.2. The van der Waals surface area contributed by atoms with Crippen LogP contribution in [0.1, 0.15) is 49.5 Å². The second-order valence-corrected chi connectivity index (χ2v) is 8.04. The lowest BCUT2D eigenvalue weighted by Crippen LogP contribution is -2.48. The summed E-state index contributed by atoms with van der Waals surface area (Å²) in [6, 6.07) is 8.18. The minimum atomic E-state index is 0.0196. The molecule has 0 aliphatic carbocycles. The molecule has 1 saturated heterocycles. The summed E-state index contributed by atoms with van der Waals surface area (Å²) in [4.78, 5) is 20.8. The van der Waals surface area contributed by atoms with Crippen LogP contribution >= 0.6 is 0 Å². The Morgan fingerprint density at radius 3 is 2.43 bits per heavy atom. The fraction of sp³-hybridized carbons (Fsp3) is 0.636. The summed E-state index contributed by atoms with van der Waals surface area (Å²) in [7, 11) is 3.53. The molecule has 0 spiro atoms. The number of hydrogen-bond acceptors (Lipinski definition) is 3. The molecule has 0 bridgehead atoms. The summed E-state index contributed by atoms with van der Waals surface area (Å²) in [5, 5.41) is 6.80. The Labute approximate surface area is 170 Å². The van der Waals surface area contributed by atoms with Gasteiger partial charge < -0.3 is 15.5 Å². The predicted molar refractivity (Wildman–Crippen MR) is 117 cm³/mol. The predicted octanol–water partition coefficient (Wildman–Crippen LogP) is 2.56. The summed E-state index contributed by atoms with van der Waals surface area (Å²) in [5.41, 5.74) is 1.79. The van der Waals surface area contributed by atoms with E-state index in [1.54, 1.807) is 19.0 Å². The molecule has 1 unspecified atom stereocenters. The van der Waals surface area contributed by atoms with Gasteiger partial charge >= 0.3 is 0 Å². The lowest BCUT2D eigenvalue weighted by Gasteiger charge is -2.35. The lowest BCUT2D eigenvalue weighted by molar-refractivity contribution is 0.0827. The van der Waals surface area contributed by atoms with Gasteiger partial charge in [-0.2, -0.15) is 0 Å². The van der Waals surface area contributed by atoms with Crippen molar-refractivity contribution in [2.75, 3.05) is 40.3 Å². The van der Waals surface area contributed by atoms with E-state index < -0.39 is 0 Å². The highest BCUT2D eigenvalue weighted by Crippen LogP contribution is 2.17. The van der Waals surface area contributed by atoms with Gasteiger partial charge in [0, 0.05) is 38.8 Å². The number of rotatable bonds is 7. The van der Waals surface area contributed by atoms with Crippen LogP contribution in [0.15, 0.2) is 29.3 Å². The smallest absolute Gasteiger partial charge is 0.253 e. The van der Waals surface area contributed by atoms with Gasteiger partial charge in [0.05, 0.1) is 6.54 Å². The number of likely N-dealkylation sites (tertiary alicyclic amines) is 1. The fourth-order valence-corrected chi connectivity index (χ4v) is 3.37. The van der Waals surface area contributed by atoms with Crippen LogP contribution in [-0.4, -0.2) is 68.0 Å². The molecule has 6 heteroatoms. The molecule has 1 aliphatic heterocycles. The van der Waals surface area contributed by atoms with Gasteiger partial charge in [-0.05, 0) is 63.4 Å². The van der Waals surface area contributed by atoms with E-state index in [2.05, 4.69) is 36.3 Å². The molecule has 1 heterocycles. The Morgan fingerprint density at radius 1 is 1.21 bits per heavy atom. The SMILES string of the molecule is CCNC(=NCc1ccc(C(=O)N(C)C)cc1)NCC(C)N1CCC(C)CC1. The van der Waals surface area contributed by atoms with Crippen molar-refractivity contribution in [1.29, 1.82) is 0 Å². The number of aliphatic imine (C=N–C) groups is 1. The van der Waals surface area contributed by atoms with Crippen molar-refractivity contribution in [3.05, 3.63) is 35.4 Å². The van der Waals surface area contributed by atoms with Crippen LogP contribution in [0.25, 0.3) is 0 Å². The number of benzene rings is 1. The third kappa shape index (κ3) is 6.82. The van der Waals surface area contributed by atoms with E-state index in [4.69, 9.17) is 4.99 Å². The van der Waals surface area contributed by atoms with Crippen LogP contribution < -0.4 is 10.6 Å². The largest absolute Gasteiger partial charge is 0.357 e. The first kappa shape index (κ1) is 22.2. The third-order valence-electron chi connectivity index (χ3n) is 5.38. The Balaban J connectivity index is 1.88. The summed E-state index contributed by atoms with van der Waals surface area (Å²) < 4.78 is 0. The highest BCUT2D eigenvalue weighted by atomic mass is 16.2. The molecular formula is C22H37N5O. The monoisotopic (exact) mass is 387 g/mol. The van der Waals surface area contributed by atoms with E-state index in [9.17, 15) is 4.79 Å². The van der Waals surface area contributed by atoms with Gasteiger partial charge in [-0.15, -0.1) is 0 Å². The molecule has 28 heavy (non-hydrogen) atoms. The molecule has 6 nitrogen and oxygen atoms in total. The third-order valence-corrected chi connectivity index (χ3v) is 5.38. The number of hydrogen-bond donors (Lipinski definition) is 2.